The van der Waals surface area contributed by atoms with Gasteiger partial charge in [-0.25, -0.2) is 9.67 Å². The van der Waals surface area contributed by atoms with Crippen LogP contribution in [0.5, 0.6) is 0 Å². The highest BCUT2D eigenvalue weighted by atomic mass is 32.1. The number of carbonyl (C=O) groups excluding carboxylic acids is 1. The van der Waals surface area contributed by atoms with E-state index in [9.17, 15) is 4.79 Å². The first-order valence-corrected chi connectivity index (χ1v) is 11.5. The Kier molecular flexibility index (Phi) is 5.68. The van der Waals surface area contributed by atoms with E-state index in [0.29, 0.717) is 11.6 Å². The molecule has 4 heterocycles. The number of rotatable bonds is 4. The SMILES string of the molecule is Cc1cc(-c2cc(C(=O)N3CCCC(N(C)C)C3)c3cnn(C(C)C)c3n2)c(C)s1. The van der Waals surface area contributed by atoms with Crippen molar-refractivity contribution in [2.75, 3.05) is 27.2 Å². The number of aromatic nitrogens is 3. The third kappa shape index (κ3) is 3.76. The number of carbonyl (C=O) groups is 1. The van der Waals surface area contributed by atoms with Crippen molar-refractivity contribution in [3.63, 3.8) is 0 Å². The van der Waals surface area contributed by atoms with Gasteiger partial charge in [0.25, 0.3) is 5.91 Å². The molecule has 1 amide bonds. The maximum Gasteiger partial charge on any atom is 0.254 e. The van der Waals surface area contributed by atoms with Crippen LogP contribution < -0.4 is 0 Å². The van der Waals surface area contributed by atoms with Crippen LogP contribution in [0.15, 0.2) is 18.3 Å². The van der Waals surface area contributed by atoms with E-state index in [-0.39, 0.29) is 11.9 Å². The van der Waals surface area contributed by atoms with Crippen molar-refractivity contribution in [3.05, 3.63) is 33.6 Å². The smallest absolute Gasteiger partial charge is 0.254 e. The Morgan fingerprint density at radius 1 is 1.27 bits per heavy atom. The standard InChI is InChI=1S/C23H31N5OS/c1-14(2)28-22-20(12-24-28)19(11-21(25-22)18-10-15(3)30-16(18)4)23(29)27-9-7-8-17(13-27)26(5)6/h10-12,14,17H,7-9,13H2,1-6H3. The van der Waals surface area contributed by atoms with Crippen molar-refractivity contribution in [2.24, 2.45) is 0 Å². The molecule has 3 aromatic heterocycles. The second kappa shape index (κ2) is 8.12. The number of likely N-dealkylation sites (N-methyl/N-ethyl adjacent to an activating group) is 1. The van der Waals surface area contributed by atoms with Crippen LogP contribution in [0.2, 0.25) is 0 Å². The summed E-state index contributed by atoms with van der Waals surface area (Å²) >= 11 is 1.76. The summed E-state index contributed by atoms with van der Waals surface area (Å²) in [5.74, 6) is 0.0862. The largest absolute Gasteiger partial charge is 0.337 e. The molecule has 3 aromatic rings. The third-order valence-electron chi connectivity index (χ3n) is 6.02. The summed E-state index contributed by atoms with van der Waals surface area (Å²) in [6.07, 6.45) is 3.97. The fraction of sp³-hybridized carbons (Fsp3) is 0.522. The molecule has 1 atom stereocenters. The minimum Gasteiger partial charge on any atom is -0.337 e. The molecule has 1 aliphatic rings. The molecule has 0 spiro atoms. The van der Waals surface area contributed by atoms with Crippen LogP contribution in [0.25, 0.3) is 22.3 Å². The molecule has 160 valence electrons. The fourth-order valence-electron chi connectivity index (χ4n) is 4.33. The number of amides is 1. The van der Waals surface area contributed by atoms with Gasteiger partial charge in [-0.05, 0) is 66.8 Å². The lowest BCUT2D eigenvalue weighted by Crippen LogP contribution is -2.47. The minimum atomic E-state index is 0.0862. The highest BCUT2D eigenvalue weighted by molar-refractivity contribution is 7.12. The highest BCUT2D eigenvalue weighted by Crippen LogP contribution is 2.33. The van der Waals surface area contributed by atoms with Crippen molar-refractivity contribution in [3.8, 4) is 11.3 Å². The molecule has 30 heavy (non-hydrogen) atoms. The molecule has 7 heteroatoms. The van der Waals surface area contributed by atoms with Gasteiger partial charge >= 0.3 is 0 Å². The van der Waals surface area contributed by atoms with Gasteiger partial charge < -0.3 is 9.80 Å². The van der Waals surface area contributed by atoms with Gasteiger partial charge in [-0.2, -0.15) is 5.10 Å². The summed E-state index contributed by atoms with van der Waals surface area (Å²) in [5, 5.41) is 5.41. The van der Waals surface area contributed by atoms with Gasteiger partial charge in [0.15, 0.2) is 5.65 Å². The lowest BCUT2D eigenvalue weighted by Gasteiger charge is -2.36. The number of pyridine rings is 1. The summed E-state index contributed by atoms with van der Waals surface area (Å²) < 4.78 is 1.92. The number of hydrogen-bond acceptors (Lipinski definition) is 5. The van der Waals surface area contributed by atoms with Gasteiger partial charge in [-0.3, -0.25) is 4.79 Å². The van der Waals surface area contributed by atoms with Crippen LogP contribution in [0.4, 0.5) is 0 Å². The zero-order chi connectivity index (χ0) is 21.6. The van der Waals surface area contributed by atoms with Crippen LogP contribution in [0.3, 0.4) is 0 Å². The van der Waals surface area contributed by atoms with E-state index in [1.54, 1.807) is 17.5 Å². The monoisotopic (exact) mass is 425 g/mol. The number of thiophene rings is 1. The van der Waals surface area contributed by atoms with E-state index < -0.39 is 0 Å². The van der Waals surface area contributed by atoms with Crippen LogP contribution in [-0.4, -0.2) is 63.7 Å². The Labute approximate surface area is 182 Å². The van der Waals surface area contributed by atoms with E-state index in [4.69, 9.17) is 4.98 Å². The molecule has 1 fully saturated rings. The van der Waals surface area contributed by atoms with Crippen LogP contribution in [0.1, 0.15) is 52.8 Å². The number of hydrogen-bond donors (Lipinski definition) is 0. The topological polar surface area (TPSA) is 54.3 Å². The average Bonchev–Trinajstić information content (AvgIpc) is 3.29. The van der Waals surface area contributed by atoms with E-state index >= 15 is 0 Å². The second-order valence-electron chi connectivity index (χ2n) is 8.81. The van der Waals surface area contributed by atoms with Crippen LogP contribution in [0, 0.1) is 13.8 Å². The zero-order valence-electron chi connectivity index (χ0n) is 18.8. The first kappa shape index (κ1) is 21.0. The Bertz CT molecular complexity index is 1080. The van der Waals surface area contributed by atoms with Crippen molar-refractivity contribution >= 4 is 28.3 Å². The average molecular weight is 426 g/mol. The molecule has 0 radical (unpaired) electrons. The van der Waals surface area contributed by atoms with Crippen LogP contribution in [-0.2, 0) is 0 Å². The maximum absolute atomic E-state index is 13.7. The molecule has 6 nitrogen and oxygen atoms in total. The van der Waals surface area contributed by atoms with Gasteiger partial charge in [0.2, 0.25) is 0 Å². The van der Waals surface area contributed by atoms with Gasteiger partial charge in [0.05, 0.1) is 22.8 Å². The predicted molar refractivity (Wildman–Crippen MR) is 123 cm³/mol. The van der Waals surface area contributed by atoms with Crippen molar-refractivity contribution in [1.29, 1.82) is 0 Å². The summed E-state index contributed by atoms with van der Waals surface area (Å²) in [6, 6.07) is 4.72. The molecule has 0 bridgehead atoms. The molecule has 1 unspecified atom stereocenters. The molecule has 1 aliphatic heterocycles. The number of aryl methyl sites for hydroxylation is 2. The Morgan fingerprint density at radius 2 is 2.03 bits per heavy atom. The van der Waals surface area contributed by atoms with Gasteiger partial charge in [-0.15, -0.1) is 11.3 Å². The third-order valence-corrected chi connectivity index (χ3v) is 6.98. The molecular formula is C23H31N5OS. The maximum atomic E-state index is 13.7. The number of piperidine rings is 1. The fourth-order valence-corrected chi connectivity index (χ4v) is 5.26. The summed E-state index contributed by atoms with van der Waals surface area (Å²) in [5.41, 5.74) is 3.46. The summed E-state index contributed by atoms with van der Waals surface area (Å²) in [6.45, 7) is 9.98. The highest BCUT2D eigenvalue weighted by Gasteiger charge is 2.28. The normalized spacial score (nSPS) is 17.5. The molecule has 0 aliphatic carbocycles. The van der Waals surface area contributed by atoms with Crippen LogP contribution >= 0.6 is 11.3 Å². The van der Waals surface area contributed by atoms with Gasteiger partial charge in [0, 0.05) is 40.5 Å². The predicted octanol–water partition coefficient (Wildman–Crippen LogP) is 4.52. The van der Waals surface area contributed by atoms with Gasteiger partial charge in [0.1, 0.15) is 0 Å². The second-order valence-corrected chi connectivity index (χ2v) is 10.3. The molecule has 0 N–H and O–H groups in total. The number of likely N-dealkylation sites (tertiary alicyclic amines) is 1. The summed E-state index contributed by atoms with van der Waals surface area (Å²) in [7, 11) is 4.19. The lowest BCUT2D eigenvalue weighted by molar-refractivity contribution is 0.0637. The van der Waals surface area contributed by atoms with Gasteiger partial charge in [-0.1, -0.05) is 0 Å². The molecule has 0 aromatic carbocycles. The first-order valence-electron chi connectivity index (χ1n) is 10.7. The molecule has 1 saturated heterocycles. The summed E-state index contributed by atoms with van der Waals surface area (Å²) in [4.78, 5) is 25.3. The van der Waals surface area contributed by atoms with Crippen molar-refractivity contribution < 1.29 is 4.79 Å². The minimum absolute atomic E-state index is 0.0862. The van der Waals surface area contributed by atoms with E-state index in [0.717, 1.165) is 48.2 Å². The Balaban J connectivity index is 1.84. The Hall–Kier alpha value is -2.25. The Morgan fingerprint density at radius 3 is 2.67 bits per heavy atom. The van der Waals surface area contributed by atoms with Crippen molar-refractivity contribution in [2.45, 2.75) is 52.6 Å². The quantitative estimate of drug-likeness (QED) is 0.617. The number of nitrogens with zero attached hydrogens (tertiary/aromatic N) is 5. The molecule has 4 rings (SSSR count). The molecular weight excluding hydrogens is 394 g/mol. The van der Waals surface area contributed by atoms with Crippen molar-refractivity contribution in [1.82, 2.24) is 24.6 Å². The van der Waals surface area contributed by atoms with E-state index in [1.807, 2.05) is 15.6 Å². The first-order chi connectivity index (χ1) is 14.3. The van der Waals surface area contributed by atoms with E-state index in [1.165, 1.54) is 9.75 Å². The molecule has 0 saturated carbocycles. The lowest BCUT2D eigenvalue weighted by atomic mass is 10.0. The van der Waals surface area contributed by atoms with E-state index in [2.05, 4.69) is 57.9 Å². The zero-order valence-corrected chi connectivity index (χ0v) is 19.6. The number of fused-ring (bicyclic) bond motifs is 1.